The summed E-state index contributed by atoms with van der Waals surface area (Å²) in [6.07, 6.45) is 6.00. The van der Waals surface area contributed by atoms with Gasteiger partial charge in [-0.05, 0) is 44.9 Å². The van der Waals surface area contributed by atoms with Crippen LogP contribution in [0.3, 0.4) is 0 Å². The summed E-state index contributed by atoms with van der Waals surface area (Å²) >= 11 is 0. The van der Waals surface area contributed by atoms with Crippen LogP contribution < -0.4 is 10.2 Å². The molecule has 2 heterocycles. The molecule has 0 aliphatic carbocycles. The van der Waals surface area contributed by atoms with Gasteiger partial charge in [-0.2, -0.15) is 0 Å². The first-order valence-corrected chi connectivity index (χ1v) is 7.72. The minimum atomic E-state index is 0.307. The topological polar surface area (TPSA) is 37.4 Å². The average molecular weight is 277 g/mol. The predicted octanol–water partition coefficient (Wildman–Crippen LogP) is 2.76. The Bertz CT molecular complexity index is 387. The molecule has 20 heavy (non-hydrogen) atoms. The molecule has 1 aliphatic heterocycles. The van der Waals surface area contributed by atoms with E-state index in [-0.39, 0.29) is 0 Å². The summed E-state index contributed by atoms with van der Waals surface area (Å²) in [5, 5.41) is 3.38. The van der Waals surface area contributed by atoms with Crippen LogP contribution >= 0.6 is 0 Å². The van der Waals surface area contributed by atoms with Crippen LogP contribution in [0.4, 0.5) is 5.69 Å². The highest BCUT2D eigenvalue weighted by Gasteiger charge is 2.16. The monoisotopic (exact) mass is 277 g/mol. The highest BCUT2D eigenvalue weighted by atomic mass is 16.5. The number of pyridine rings is 1. The van der Waals surface area contributed by atoms with Gasteiger partial charge in [0.2, 0.25) is 0 Å². The van der Waals surface area contributed by atoms with Crippen LogP contribution in [0.25, 0.3) is 0 Å². The van der Waals surface area contributed by atoms with Crippen LogP contribution in [0.15, 0.2) is 18.3 Å². The zero-order valence-corrected chi connectivity index (χ0v) is 12.9. The second-order valence-electron chi connectivity index (χ2n) is 5.59. The van der Waals surface area contributed by atoms with E-state index in [1.54, 1.807) is 0 Å². The van der Waals surface area contributed by atoms with Gasteiger partial charge in [0.25, 0.3) is 0 Å². The predicted molar refractivity (Wildman–Crippen MR) is 83.2 cm³/mol. The van der Waals surface area contributed by atoms with Crippen molar-refractivity contribution in [1.82, 2.24) is 10.3 Å². The largest absolute Gasteiger partial charge is 0.376 e. The Balaban J connectivity index is 1.91. The van der Waals surface area contributed by atoms with Gasteiger partial charge in [0.05, 0.1) is 23.7 Å². The fourth-order valence-electron chi connectivity index (χ4n) is 2.65. The van der Waals surface area contributed by atoms with Gasteiger partial charge >= 0.3 is 0 Å². The van der Waals surface area contributed by atoms with Crippen LogP contribution in [0.5, 0.6) is 0 Å². The van der Waals surface area contributed by atoms with Crippen molar-refractivity contribution >= 4 is 5.69 Å². The number of rotatable bonds is 6. The molecular formula is C16H27N3O. The van der Waals surface area contributed by atoms with Gasteiger partial charge in [-0.1, -0.05) is 6.92 Å². The standard InChI is InChI=1S/C16H27N3O/c1-4-17-13(2)16-9-8-14(11-18-16)19(3)12-15-7-5-6-10-20-15/h8-9,11,13,15,17H,4-7,10,12H2,1-3H3. The molecule has 2 rings (SSSR count). The number of hydrogen-bond donors (Lipinski definition) is 1. The highest BCUT2D eigenvalue weighted by molar-refractivity contribution is 5.44. The number of aromatic nitrogens is 1. The molecular weight excluding hydrogens is 250 g/mol. The lowest BCUT2D eigenvalue weighted by Gasteiger charge is -2.28. The summed E-state index contributed by atoms with van der Waals surface area (Å²) in [4.78, 5) is 6.81. The molecule has 1 aliphatic rings. The maximum atomic E-state index is 5.79. The number of nitrogens with one attached hydrogen (secondary N) is 1. The van der Waals surface area contributed by atoms with Gasteiger partial charge in [-0.25, -0.2) is 0 Å². The van der Waals surface area contributed by atoms with Crippen molar-refractivity contribution in [2.75, 3.05) is 31.6 Å². The van der Waals surface area contributed by atoms with Gasteiger partial charge in [-0.3, -0.25) is 4.98 Å². The van der Waals surface area contributed by atoms with E-state index in [1.807, 2.05) is 6.20 Å². The van der Waals surface area contributed by atoms with Crippen LogP contribution in [0, 0.1) is 0 Å². The zero-order valence-electron chi connectivity index (χ0n) is 12.9. The van der Waals surface area contributed by atoms with E-state index in [4.69, 9.17) is 4.74 Å². The van der Waals surface area contributed by atoms with E-state index in [0.29, 0.717) is 12.1 Å². The first-order valence-electron chi connectivity index (χ1n) is 7.72. The molecule has 1 fully saturated rings. The van der Waals surface area contributed by atoms with Crippen LogP contribution in [-0.2, 0) is 4.74 Å². The zero-order chi connectivity index (χ0) is 14.4. The Morgan fingerprint density at radius 2 is 2.30 bits per heavy atom. The van der Waals surface area contributed by atoms with Crippen molar-refractivity contribution in [3.05, 3.63) is 24.0 Å². The second kappa shape index (κ2) is 7.60. The number of hydrogen-bond acceptors (Lipinski definition) is 4. The van der Waals surface area contributed by atoms with Gasteiger partial charge < -0.3 is 15.0 Å². The van der Waals surface area contributed by atoms with Gasteiger partial charge in [0, 0.05) is 26.2 Å². The van der Waals surface area contributed by atoms with Gasteiger partial charge in [0.1, 0.15) is 0 Å². The number of likely N-dealkylation sites (N-methyl/N-ethyl adjacent to an activating group) is 1. The Hall–Kier alpha value is -1.13. The molecule has 112 valence electrons. The van der Waals surface area contributed by atoms with Crippen LogP contribution in [0.1, 0.15) is 44.8 Å². The molecule has 0 bridgehead atoms. The third-order valence-electron chi connectivity index (χ3n) is 3.92. The second-order valence-corrected chi connectivity index (χ2v) is 5.59. The lowest BCUT2D eigenvalue weighted by molar-refractivity contribution is 0.0216. The third kappa shape index (κ3) is 4.18. The minimum absolute atomic E-state index is 0.307. The van der Waals surface area contributed by atoms with E-state index in [2.05, 4.69) is 48.2 Å². The summed E-state index contributed by atoms with van der Waals surface area (Å²) in [6, 6.07) is 4.57. The van der Waals surface area contributed by atoms with Crippen molar-refractivity contribution in [3.8, 4) is 0 Å². The van der Waals surface area contributed by atoms with Crippen molar-refractivity contribution in [2.24, 2.45) is 0 Å². The summed E-state index contributed by atoms with van der Waals surface area (Å²) in [5.74, 6) is 0. The SMILES string of the molecule is CCNC(C)c1ccc(N(C)CC2CCCCO2)cn1. The van der Waals surface area contributed by atoms with Gasteiger partial charge in [-0.15, -0.1) is 0 Å². The van der Waals surface area contributed by atoms with Crippen molar-refractivity contribution in [1.29, 1.82) is 0 Å². The fraction of sp³-hybridized carbons (Fsp3) is 0.688. The van der Waals surface area contributed by atoms with Crippen molar-refractivity contribution in [3.63, 3.8) is 0 Å². The molecule has 0 amide bonds. The number of nitrogens with zero attached hydrogens (tertiary/aromatic N) is 2. The van der Waals surface area contributed by atoms with E-state index >= 15 is 0 Å². The van der Waals surface area contributed by atoms with Crippen molar-refractivity contribution in [2.45, 2.75) is 45.3 Å². The molecule has 1 aromatic rings. The fourth-order valence-corrected chi connectivity index (χ4v) is 2.65. The normalized spacial score (nSPS) is 20.6. The quantitative estimate of drug-likeness (QED) is 0.867. The molecule has 2 atom stereocenters. The van der Waals surface area contributed by atoms with Gasteiger partial charge in [0.15, 0.2) is 0 Å². The van der Waals surface area contributed by atoms with Crippen LogP contribution in [-0.4, -0.2) is 37.8 Å². The summed E-state index contributed by atoms with van der Waals surface area (Å²) < 4.78 is 5.79. The smallest absolute Gasteiger partial charge is 0.0749 e. The highest BCUT2D eigenvalue weighted by Crippen LogP contribution is 2.19. The molecule has 1 N–H and O–H groups in total. The lowest BCUT2D eigenvalue weighted by atomic mass is 10.1. The first kappa shape index (κ1) is 15.3. The summed E-state index contributed by atoms with van der Waals surface area (Å²) in [7, 11) is 2.11. The lowest BCUT2D eigenvalue weighted by Crippen LogP contribution is -2.33. The molecule has 4 nitrogen and oxygen atoms in total. The maximum absolute atomic E-state index is 5.79. The third-order valence-corrected chi connectivity index (χ3v) is 3.92. The molecule has 1 saturated heterocycles. The summed E-state index contributed by atoms with van der Waals surface area (Å²) in [6.45, 7) is 7.08. The number of ether oxygens (including phenoxy) is 1. The summed E-state index contributed by atoms with van der Waals surface area (Å²) in [5.41, 5.74) is 2.25. The maximum Gasteiger partial charge on any atom is 0.0749 e. The molecule has 4 heteroatoms. The molecule has 0 radical (unpaired) electrons. The Labute approximate surface area is 122 Å². The Morgan fingerprint density at radius 3 is 2.90 bits per heavy atom. The first-order chi connectivity index (χ1) is 9.70. The molecule has 0 saturated carbocycles. The molecule has 2 unspecified atom stereocenters. The Kier molecular flexibility index (Phi) is 5.80. The average Bonchev–Trinajstić information content (AvgIpc) is 2.48. The van der Waals surface area contributed by atoms with Crippen LogP contribution in [0.2, 0.25) is 0 Å². The molecule has 0 spiro atoms. The minimum Gasteiger partial charge on any atom is -0.376 e. The number of anilines is 1. The molecule has 1 aromatic heterocycles. The Morgan fingerprint density at radius 1 is 1.45 bits per heavy atom. The van der Waals surface area contributed by atoms with E-state index in [9.17, 15) is 0 Å². The van der Waals surface area contributed by atoms with Crippen molar-refractivity contribution < 1.29 is 4.74 Å². The van der Waals surface area contributed by atoms with E-state index in [1.165, 1.54) is 19.3 Å². The van der Waals surface area contributed by atoms with E-state index < -0.39 is 0 Å². The van der Waals surface area contributed by atoms with E-state index in [0.717, 1.165) is 31.1 Å². The molecule has 0 aromatic carbocycles.